The second-order valence-corrected chi connectivity index (χ2v) is 5.99. The van der Waals surface area contributed by atoms with Crippen molar-refractivity contribution in [3.63, 3.8) is 0 Å². The molecule has 2 aliphatic carbocycles. The lowest BCUT2D eigenvalue weighted by molar-refractivity contribution is 0.552. The molecule has 2 unspecified atom stereocenters. The molecule has 1 aromatic carbocycles. The van der Waals surface area contributed by atoms with E-state index in [1.165, 1.54) is 29.5 Å². The summed E-state index contributed by atoms with van der Waals surface area (Å²) in [6.07, 6.45) is 11.9. The van der Waals surface area contributed by atoms with Crippen LogP contribution in [0.5, 0.6) is 0 Å². The molecule has 0 radical (unpaired) electrons. The molecule has 18 heavy (non-hydrogen) atoms. The molecule has 2 atom stereocenters. The Hall–Kier alpha value is -1.30. The van der Waals surface area contributed by atoms with Gasteiger partial charge in [-0.1, -0.05) is 36.4 Å². The minimum atomic E-state index is 0.756. The average molecular weight is 238 g/mol. The molecular formula is C18H22. The summed E-state index contributed by atoms with van der Waals surface area (Å²) in [4.78, 5) is 0. The Kier molecular flexibility index (Phi) is 2.89. The molecule has 0 N–H and O–H groups in total. The monoisotopic (exact) mass is 238 g/mol. The van der Waals surface area contributed by atoms with Crippen LogP contribution in [0.2, 0.25) is 0 Å². The molecule has 0 aliphatic heterocycles. The number of aryl methyl sites for hydroxylation is 1. The van der Waals surface area contributed by atoms with Crippen LogP contribution in [0.15, 0.2) is 36.4 Å². The quantitative estimate of drug-likeness (QED) is 0.656. The predicted molar refractivity (Wildman–Crippen MR) is 77.9 cm³/mol. The molecule has 0 spiro atoms. The summed E-state index contributed by atoms with van der Waals surface area (Å²) < 4.78 is 0. The molecule has 2 aliphatic rings. The lowest BCUT2D eigenvalue weighted by atomic mass is 9.88. The molecular weight excluding hydrogens is 216 g/mol. The maximum atomic E-state index is 2.40. The zero-order chi connectivity index (χ0) is 12.7. The van der Waals surface area contributed by atoms with Gasteiger partial charge >= 0.3 is 0 Å². The van der Waals surface area contributed by atoms with E-state index in [1.54, 1.807) is 5.56 Å². The first-order chi connectivity index (χ1) is 8.66. The Bertz CT molecular complexity index is 499. The normalized spacial score (nSPS) is 29.6. The van der Waals surface area contributed by atoms with Gasteiger partial charge in [0.25, 0.3) is 0 Å². The van der Waals surface area contributed by atoms with E-state index in [1.807, 2.05) is 0 Å². The highest BCUT2D eigenvalue weighted by atomic mass is 14.4. The van der Waals surface area contributed by atoms with Crippen LogP contribution in [0.4, 0.5) is 0 Å². The average Bonchev–Trinajstić information content (AvgIpc) is 2.79. The molecule has 0 nitrogen and oxygen atoms in total. The molecule has 1 saturated carbocycles. The third-order valence-corrected chi connectivity index (χ3v) is 5.03. The SMILES string of the molecule is Cc1ccc(C2CC3C=CC=CC3C2)c(C)c1C. The van der Waals surface area contributed by atoms with Crippen LogP contribution in [-0.2, 0) is 0 Å². The standard InChI is InChI=1S/C18H22/c1-12-8-9-18(14(3)13(12)2)17-10-15-6-4-5-7-16(15)11-17/h4-9,15-17H,10-11H2,1-3H3. The van der Waals surface area contributed by atoms with Crippen LogP contribution in [0.3, 0.4) is 0 Å². The van der Waals surface area contributed by atoms with Crippen molar-refractivity contribution in [3.05, 3.63) is 58.7 Å². The first-order valence-electron chi connectivity index (χ1n) is 7.08. The van der Waals surface area contributed by atoms with Gasteiger partial charge in [0.15, 0.2) is 0 Å². The summed E-state index contributed by atoms with van der Waals surface area (Å²) >= 11 is 0. The van der Waals surface area contributed by atoms with Crippen LogP contribution in [0.25, 0.3) is 0 Å². The number of hydrogen-bond acceptors (Lipinski definition) is 0. The van der Waals surface area contributed by atoms with Gasteiger partial charge in [-0.3, -0.25) is 0 Å². The van der Waals surface area contributed by atoms with E-state index in [0.717, 1.165) is 17.8 Å². The summed E-state index contributed by atoms with van der Waals surface area (Å²) in [6.45, 7) is 6.77. The largest absolute Gasteiger partial charge is 0.0808 e. The van der Waals surface area contributed by atoms with E-state index < -0.39 is 0 Å². The Labute approximate surface area is 110 Å². The van der Waals surface area contributed by atoms with Crippen LogP contribution in [-0.4, -0.2) is 0 Å². The van der Waals surface area contributed by atoms with Crippen molar-refractivity contribution < 1.29 is 0 Å². The zero-order valence-corrected chi connectivity index (χ0v) is 11.6. The number of allylic oxidation sites excluding steroid dienone is 4. The van der Waals surface area contributed by atoms with Gasteiger partial charge in [-0.25, -0.2) is 0 Å². The van der Waals surface area contributed by atoms with Crippen LogP contribution in [0, 0.1) is 32.6 Å². The second-order valence-electron chi connectivity index (χ2n) is 5.99. The Morgan fingerprint density at radius 3 is 2.06 bits per heavy atom. The number of fused-ring (bicyclic) bond motifs is 1. The molecule has 0 heteroatoms. The van der Waals surface area contributed by atoms with Gasteiger partial charge in [-0.2, -0.15) is 0 Å². The van der Waals surface area contributed by atoms with Gasteiger partial charge in [-0.05, 0) is 73.6 Å². The van der Waals surface area contributed by atoms with Crippen molar-refractivity contribution >= 4 is 0 Å². The summed E-state index contributed by atoms with van der Waals surface area (Å²) in [6, 6.07) is 4.67. The van der Waals surface area contributed by atoms with Crippen molar-refractivity contribution in [2.24, 2.45) is 11.8 Å². The fourth-order valence-corrected chi connectivity index (χ4v) is 3.63. The van der Waals surface area contributed by atoms with Crippen molar-refractivity contribution in [3.8, 4) is 0 Å². The Balaban J connectivity index is 1.91. The van der Waals surface area contributed by atoms with Gasteiger partial charge in [-0.15, -0.1) is 0 Å². The number of benzene rings is 1. The van der Waals surface area contributed by atoms with Crippen LogP contribution in [0.1, 0.15) is 41.0 Å². The predicted octanol–water partition coefficient (Wildman–Crippen LogP) is 4.85. The van der Waals surface area contributed by atoms with Crippen molar-refractivity contribution in [1.82, 2.24) is 0 Å². The summed E-state index contributed by atoms with van der Waals surface area (Å²) in [5.74, 6) is 2.31. The van der Waals surface area contributed by atoms with E-state index in [9.17, 15) is 0 Å². The van der Waals surface area contributed by atoms with Crippen molar-refractivity contribution in [2.75, 3.05) is 0 Å². The first-order valence-corrected chi connectivity index (χ1v) is 7.08. The molecule has 1 fully saturated rings. The second kappa shape index (κ2) is 4.42. The third kappa shape index (κ3) is 1.84. The highest BCUT2D eigenvalue weighted by Crippen LogP contribution is 2.46. The smallest absolute Gasteiger partial charge is 0.0148 e. The minimum absolute atomic E-state index is 0.756. The van der Waals surface area contributed by atoms with Gasteiger partial charge in [0.05, 0.1) is 0 Å². The fourth-order valence-electron chi connectivity index (χ4n) is 3.63. The van der Waals surface area contributed by atoms with Gasteiger partial charge < -0.3 is 0 Å². The maximum absolute atomic E-state index is 2.40. The molecule has 0 bridgehead atoms. The molecule has 0 amide bonds. The first kappa shape index (κ1) is 11.8. The fraction of sp³-hybridized carbons (Fsp3) is 0.444. The van der Waals surface area contributed by atoms with E-state index in [4.69, 9.17) is 0 Å². The Morgan fingerprint density at radius 1 is 0.833 bits per heavy atom. The van der Waals surface area contributed by atoms with Crippen molar-refractivity contribution in [1.29, 1.82) is 0 Å². The molecule has 0 heterocycles. The van der Waals surface area contributed by atoms with Gasteiger partial charge in [0.1, 0.15) is 0 Å². The van der Waals surface area contributed by atoms with Gasteiger partial charge in [0, 0.05) is 0 Å². The van der Waals surface area contributed by atoms with Crippen LogP contribution >= 0.6 is 0 Å². The molecule has 3 rings (SSSR count). The molecule has 94 valence electrons. The van der Waals surface area contributed by atoms with E-state index >= 15 is 0 Å². The lowest BCUT2D eigenvalue weighted by Crippen LogP contribution is -2.03. The van der Waals surface area contributed by atoms with Crippen molar-refractivity contribution in [2.45, 2.75) is 39.5 Å². The molecule has 1 aromatic rings. The highest BCUT2D eigenvalue weighted by molar-refractivity contribution is 5.41. The van der Waals surface area contributed by atoms with Gasteiger partial charge in [0.2, 0.25) is 0 Å². The topological polar surface area (TPSA) is 0 Å². The highest BCUT2D eigenvalue weighted by Gasteiger charge is 2.33. The number of rotatable bonds is 1. The Morgan fingerprint density at radius 2 is 1.44 bits per heavy atom. The van der Waals surface area contributed by atoms with Crippen LogP contribution < -0.4 is 0 Å². The zero-order valence-electron chi connectivity index (χ0n) is 11.6. The molecule has 0 aromatic heterocycles. The van der Waals surface area contributed by atoms with E-state index in [-0.39, 0.29) is 0 Å². The molecule has 0 saturated heterocycles. The van der Waals surface area contributed by atoms with E-state index in [0.29, 0.717) is 0 Å². The van der Waals surface area contributed by atoms with E-state index in [2.05, 4.69) is 57.2 Å². The lowest BCUT2D eigenvalue weighted by Gasteiger charge is -2.16. The summed E-state index contributed by atoms with van der Waals surface area (Å²) in [5, 5.41) is 0. The summed E-state index contributed by atoms with van der Waals surface area (Å²) in [7, 11) is 0. The third-order valence-electron chi connectivity index (χ3n) is 5.03. The summed E-state index contributed by atoms with van der Waals surface area (Å²) in [5.41, 5.74) is 6.01. The minimum Gasteiger partial charge on any atom is -0.0808 e. The maximum Gasteiger partial charge on any atom is -0.0148 e. The number of hydrogen-bond donors (Lipinski definition) is 0.